The lowest BCUT2D eigenvalue weighted by molar-refractivity contribution is -0.137. The Bertz CT molecular complexity index is 676. The van der Waals surface area contributed by atoms with E-state index in [9.17, 15) is 9.59 Å². The zero-order chi connectivity index (χ0) is 21.4. The van der Waals surface area contributed by atoms with Gasteiger partial charge in [0.15, 0.2) is 6.61 Å². The Kier molecular flexibility index (Phi) is 8.14. The normalized spacial score (nSPS) is 19.9. The highest BCUT2D eigenvalue weighted by molar-refractivity contribution is 5.80. The molecule has 3 rings (SSSR count). The third kappa shape index (κ3) is 5.97. The number of likely N-dealkylation sites (tertiary alicyclic amines) is 1. The van der Waals surface area contributed by atoms with Crippen molar-refractivity contribution in [2.75, 3.05) is 40.3 Å². The maximum Gasteiger partial charge on any atom is 0.260 e. The van der Waals surface area contributed by atoms with Gasteiger partial charge < -0.3 is 19.9 Å². The van der Waals surface area contributed by atoms with Gasteiger partial charge in [0.2, 0.25) is 5.91 Å². The number of ether oxygens (including phenoxy) is 1. The Morgan fingerprint density at radius 3 is 2.30 bits per heavy atom. The average Bonchev–Trinajstić information content (AvgIpc) is 3.03. The Hall–Kier alpha value is -2.08. The van der Waals surface area contributed by atoms with Crippen LogP contribution >= 0.6 is 0 Å². The minimum absolute atomic E-state index is 0.00548. The number of hydrogen-bond acceptors (Lipinski definition) is 4. The maximum atomic E-state index is 12.8. The standard InChI is InChI=1S/C24H37N3O3/c1-26(2)24(14-8-3-4-9-15-24)19-25-23(29)20-12-16-27(17-13-20)22(28)18-30-21-10-6-5-7-11-21/h5-7,10-11,20H,3-4,8-9,12-19H2,1-2H3,(H,25,29). The van der Waals surface area contributed by atoms with Gasteiger partial charge in [0, 0.05) is 31.1 Å². The first-order valence-corrected chi connectivity index (χ1v) is 11.4. The highest BCUT2D eigenvalue weighted by atomic mass is 16.5. The molecule has 0 radical (unpaired) electrons. The summed E-state index contributed by atoms with van der Waals surface area (Å²) in [7, 11) is 4.28. The van der Waals surface area contributed by atoms with Crippen molar-refractivity contribution in [1.82, 2.24) is 15.1 Å². The molecule has 0 unspecified atom stereocenters. The molecule has 1 aliphatic heterocycles. The van der Waals surface area contributed by atoms with Crippen LogP contribution in [-0.4, -0.2) is 67.5 Å². The molecule has 1 aromatic carbocycles. The van der Waals surface area contributed by atoms with E-state index in [1.807, 2.05) is 35.2 Å². The van der Waals surface area contributed by atoms with Gasteiger partial charge in [-0.2, -0.15) is 0 Å². The summed E-state index contributed by atoms with van der Waals surface area (Å²) in [5.41, 5.74) is 0.0810. The van der Waals surface area contributed by atoms with Gasteiger partial charge in [0.1, 0.15) is 5.75 Å². The molecule has 30 heavy (non-hydrogen) atoms. The number of carbonyl (C=O) groups excluding carboxylic acids is 2. The predicted octanol–water partition coefficient (Wildman–Crippen LogP) is 3.07. The van der Waals surface area contributed by atoms with Crippen LogP contribution in [0, 0.1) is 5.92 Å². The topological polar surface area (TPSA) is 61.9 Å². The number of amides is 2. The molecular weight excluding hydrogens is 378 g/mol. The minimum Gasteiger partial charge on any atom is -0.484 e. The minimum atomic E-state index is -0.0114. The molecule has 0 atom stereocenters. The third-order valence-electron chi connectivity index (χ3n) is 6.90. The molecule has 2 fully saturated rings. The fourth-order valence-electron chi connectivity index (χ4n) is 4.71. The summed E-state index contributed by atoms with van der Waals surface area (Å²) in [4.78, 5) is 29.4. The summed E-state index contributed by atoms with van der Waals surface area (Å²) < 4.78 is 5.57. The molecule has 2 amide bonds. The van der Waals surface area contributed by atoms with Crippen LogP contribution in [-0.2, 0) is 9.59 Å². The van der Waals surface area contributed by atoms with Crippen molar-refractivity contribution in [1.29, 1.82) is 0 Å². The van der Waals surface area contributed by atoms with Crippen molar-refractivity contribution in [2.45, 2.75) is 56.9 Å². The Labute approximate surface area is 180 Å². The highest BCUT2D eigenvalue weighted by Gasteiger charge is 2.35. The lowest BCUT2D eigenvalue weighted by atomic mass is 9.88. The number of rotatable bonds is 7. The first-order valence-electron chi connectivity index (χ1n) is 11.4. The van der Waals surface area contributed by atoms with Crippen LogP contribution in [0.15, 0.2) is 30.3 Å². The van der Waals surface area contributed by atoms with Crippen LogP contribution in [0.5, 0.6) is 5.75 Å². The van der Waals surface area contributed by atoms with Gasteiger partial charge in [-0.15, -0.1) is 0 Å². The second-order valence-corrected chi connectivity index (χ2v) is 9.01. The lowest BCUT2D eigenvalue weighted by Crippen LogP contribution is -2.54. The molecule has 166 valence electrons. The number of nitrogens with zero attached hydrogens (tertiary/aromatic N) is 2. The quantitative estimate of drug-likeness (QED) is 0.695. The first kappa shape index (κ1) is 22.6. The van der Waals surface area contributed by atoms with E-state index in [1.165, 1.54) is 25.7 Å². The monoisotopic (exact) mass is 415 g/mol. The molecule has 0 spiro atoms. The largest absolute Gasteiger partial charge is 0.484 e. The van der Waals surface area contributed by atoms with E-state index < -0.39 is 0 Å². The zero-order valence-electron chi connectivity index (χ0n) is 18.6. The molecule has 1 N–H and O–H groups in total. The van der Waals surface area contributed by atoms with Crippen molar-refractivity contribution >= 4 is 11.8 Å². The van der Waals surface area contributed by atoms with Gasteiger partial charge in [-0.25, -0.2) is 0 Å². The Balaban J connectivity index is 1.42. The van der Waals surface area contributed by atoms with Crippen LogP contribution in [0.1, 0.15) is 51.4 Å². The van der Waals surface area contributed by atoms with Crippen LogP contribution < -0.4 is 10.1 Å². The lowest BCUT2D eigenvalue weighted by Gasteiger charge is -2.40. The number of benzene rings is 1. The van der Waals surface area contributed by atoms with Gasteiger partial charge in [-0.1, -0.05) is 43.9 Å². The fourth-order valence-corrected chi connectivity index (χ4v) is 4.71. The molecule has 0 bridgehead atoms. The summed E-state index contributed by atoms with van der Waals surface area (Å²) in [6.45, 7) is 2.01. The molecule has 2 aliphatic rings. The average molecular weight is 416 g/mol. The highest BCUT2D eigenvalue weighted by Crippen LogP contribution is 2.31. The second kappa shape index (κ2) is 10.8. The predicted molar refractivity (Wildman–Crippen MR) is 118 cm³/mol. The van der Waals surface area contributed by atoms with Crippen molar-refractivity contribution < 1.29 is 14.3 Å². The van der Waals surface area contributed by atoms with E-state index in [1.54, 1.807) is 0 Å². The van der Waals surface area contributed by atoms with Gasteiger partial charge in [0.25, 0.3) is 5.91 Å². The van der Waals surface area contributed by atoms with Gasteiger partial charge in [-0.05, 0) is 51.9 Å². The zero-order valence-corrected chi connectivity index (χ0v) is 18.6. The van der Waals surface area contributed by atoms with E-state index >= 15 is 0 Å². The first-order chi connectivity index (χ1) is 14.5. The van der Waals surface area contributed by atoms with Crippen molar-refractivity contribution in [3.05, 3.63) is 30.3 Å². The fraction of sp³-hybridized carbons (Fsp3) is 0.667. The van der Waals surface area contributed by atoms with E-state index in [-0.39, 0.29) is 29.9 Å². The molecule has 1 saturated heterocycles. The van der Waals surface area contributed by atoms with E-state index in [4.69, 9.17) is 4.74 Å². The van der Waals surface area contributed by atoms with Crippen molar-refractivity contribution in [3.63, 3.8) is 0 Å². The maximum absolute atomic E-state index is 12.8. The van der Waals surface area contributed by atoms with Crippen LogP contribution in [0.3, 0.4) is 0 Å². The van der Waals surface area contributed by atoms with Gasteiger partial charge in [0.05, 0.1) is 0 Å². The van der Waals surface area contributed by atoms with Crippen LogP contribution in [0.2, 0.25) is 0 Å². The molecule has 6 nitrogen and oxygen atoms in total. The number of likely N-dealkylation sites (N-methyl/N-ethyl adjacent to an activating group) is 1. The Morgan fingerprint density at radius 2 is 1.70 bits per heavy atom. The number of carbonyl (C=O) groups is 2. The summed E-state index contributed by atoms with van der Waals surface area (Å²) in [6.07, 6.45) is 8.80. The van der Waals surface area contributed by atoms with Crippen molar-refractivity contribution in [2.24, 2.45) is 5.92 Å². The summed E-state index contributed by atoms with van der Waals surface area (Å²) in [5.74, 6) is 0.832. The van der Waals surface area contributed by atoms with E-state index in [0.717, 1.165) is 32.2 Å². The van der Waals surface area contributed by atoms with Gasteiger partial charge >= 0.3 is 0 Å². The third-order valence-corrected chi connectivity index (χ3v) is 6.90. The molecular formula is C24H37N3O3. The van der Waals surface area contributed by atoms with Crippen LogP contribution in [0.25, 0.3) is 0 Å². The van der Waals surface area contributed by atoms with Crippen molar-refractivity contribution in [3.8, 4) is 5.75 Å². The number of nitrogens with one attached hydrogen (secondary N) is 1. The number of para-hydroxylation sites is 1. The second-order valence-electron chi connectivity index (χ2n) is 9.01. The number of hydrogen-bond donors (Lipinski definition) is 1. The SMILES string of the molecule is CN(C)C1(CNC(=O)C2CCN(C(=O)COc3ccccc3)CC2)CCCCCC1. The Morgan fingerprint density at radius 1 is 1.07 bits per heavy atom. The molecule has 1 aliphatic carbocycles. The summed E-state index contributed by atoms with van der Waals surface area (Å²) in [6, 6.07) is 9.39. The molecule has 1 aromatic rings. The molecule has 6 heteroatoms. The summed E-state index contributed by atoms with van der Waals surface area (Å²) >= 11 is 0. The molecule has 1 saturated carbocycles. The smallest absolute Gasteiger partial charge is 0.260 e. The number of piperidine rings is 1. The molecule has 1 heterocycles. The van der Waals surface area contributed by atoms with Crippen LogP contribution in [0.4, 0.5) is 0 Å². The van der Waals surface area contributed by atoms with E-state index in [2.05, 4.69) is 24.3 Å². The molecule has 0 aromatic heterocycles. The van der Waals surface area contributed by atoms with E-state index in [0.29, 0.717) is 18.8 Å². The summed E-state index contributed by atoms with van der Waals surface area (Å²) in [5, 5.41) is 3.25. The van der Waals surface area contributed by atoms with Gasteiger partial charge in [-0.3, -0.25) is 9.59 Å².